The van der Waals surface area contributed by atoms with Crippen molar-refractivity contribution in [3.05, 3.63) is 95.1 Å². The molecule has 0 bridgehead atoms. The summed E-state index contributed by atoms with van der Waals surface area (Å²) in [5, 5.41) is 11.4. The Morgan fingerprint density at radius 2 is 1.57 bits per heavy atom. The van der Waals surface area contributed by atoms with Crippen LogP contribution in [0.25, 0.3) is 5.76 Å². The topological polar surface area (TPSA) is 85.3 Å². The van der Waals surface area contributed by atoms with Gasteiger partial charge in [-0.25, -0.2) is 0 Å². The van der Waals surface area contributed by atoms with Gasteiger partial charge in [0, 0.05) is 12.1 Å². The molecule has 1 unspecified atom stereocenters. The van der Waals surface area contributed by atoms with Crippen LogP contribution in [0.4, 0.5) is 0 Å². The maximum atomic E-state index is 13.5. The average molecular weight is 544 g/mol. The Kier molecular flexibility index (Phi) is 9.48. The predicted molar refractivity (Wildman–Crippen MR) is 154 cm³/mol. The van der Waals surface area contributed by atoms with Crippen molar-refractivity contribution in [1.82, 2.24) is 4.90 Å². The van der Waals surface area contributed by atoms with Crippen molar-refractivity contribution < 1.29 is 28.9 Å². The summed E-state index contributed by atoms with van der Waals surface area (Å²) >= 11 is 0. The quantitative estimate of drug-likeness (QED) is 0.159. The highest BCUT2D eigenvalue weighted by atomic mass is 16.5. The maximum Gasteiger partial charge on any atom is 0.295 e. The first-order valence-electron chi connectivity index (χ1n) is 13.8. The molecule has 1 atom stereocenters. The largest absolute Gasteiger partial charge is 0.507 e. The van der Waals surface area contributed by atoms with Gasteiger partial charge in [-0.05, 0) is 73.7 Å². The van der Waals surface area contributed by atoms with Gasteiger partial charge in [0.05, 0.1) is 31.4 Å². The second kappa shape index (κ2) is 13.2. The smallest absolute Gasteiger partial charge is 0.295 e. The van der Waals surface area contributed by atoms with Crippen LogP contribution >= 0.6 is 0 Å². The lowest BCUT2D eigenvalue weighted by Crippen LogP contribution is -2.29. The summed E-state index contributed by atoms with van der Waals surface area (Å²) in [7, 11) is 0. The number of rotatable bonds is 12. The van der Waals surface area contributed by atoms with Crippen molar-refractivity contribution >= 4 is 17.4 Å². The van der Waals surface area contributed by atoms with Gasteiger partial charge in [-0.3, -0.25) is 9.59 Å². The first kappa shape index (κ1) is 28.7. The van der Waals surface area contributed by atoms with E-state index in [-0.39, 0.29) is 17.9 Å². The number of Topliss-reactive ketones (excluding diaryl/α,β-unsaturated/α-hetero) is 1. The fourth-order valence-electron chi connectivity index (χ4n) is 4.69. The minimum Gasteiger partial charge on any atom is -0.507 e. The SMILES string of the molecule is CCOc1ccc(/C(O)=C2\C(=O)C(=O)N(Cc3ccccc3)C2c2ccc(OCCC(C)C)c(OCC)c2)cc1. The highest BCUT2D eigenvalue weighted by molar-refractivity contribution is 6.46. The molecule has 40 heavy (non-hydrogen) atoms. The van der Waals surface area contributed by atoms with E-state index in [1.54, 1.807) is 36.4 Å². The first-order valence-corrected chi connectivity index (χ1v) is 13.8. The molecule has 0 spiro atoms. The number of ether oxygens (including phenoxy) is 3. The van der Waals surface area contributed by atoms with E-state index in [1.807, 2.05) is 50.2 Å². The van der Waals surface area contributed by atoms with E-state index in [0.29, 0.717) is 54.1 Å². The number of hydrogen-bond donors (Lipinski definition) is 1. The summed E-state index contributed by atoms with van der Waals surface area (Å²) in [6, 6.07) is 20.9. The van der Waals surface area contributed by atoms with E-state index in [0.717, 1.165) is 12.0 Å². The molecule has 1 fully saturated rings. The van der Waals surface area contributed by atoms with Crippen molar-refractivity contribution in [3.8, 4) is 17.2 Å². The minimum atomic E-state index is -0.823. The van der Waals surface area contributed by atoms with Crippen molar-refractivity contribution in [3.63, 3.8) is 0 Å². The zero-order valence-corrected chi connectivity index (χ0v) is 23.6. The molecule has 0 aliphatic carbocycles. The molecule has 1 heterocycles. The van der Waals surface area contributed by atoms with Crippen LogP contribution in [0, 0.1) is 5.92 Å². The van der Waals surface area contributed by atoms with Crippen LogP contribution in [0.15, 0.2) is 78.4 Å². The summed E-state index contributed by atoms with van der Waals surface area (Å²) < 4.78 is 17.4. The first-order chi connectivity index (χ1) is 19.3. The minimum absolute atomic E-state index is 0.0287. The molecule has 1 aliphatic rings. The van der Waals surface area contributed by atoms with Gasteiger partial charge in [0.15, 0.2) is 11.5 Å². The number of ketones is 1. The molecule has 7 heteroatoms. The third kappa shape index (κ3) is 6.47. The predicted octanol–water partition coefficient (Wildman–Crippen LogP) is 6.53. The van der Waals surface area contributed by atoms with Crippen LogP contribution < -0.4 is 14.2 Å². The van der Waals surface area contributed by atoms with Crippen molar-refractivity contribution in [2.75, 3.05) is 19.8 Å². The Hall–Kier alpha value is -4.26. The van der Waals surface area contributed by atoms with E-state index in [9.17, 15) is 14.7 Å². The van der Waals surface area contributed by atoms with Gasteiger partial charge in [0.25, 0.3) is 11.7 Å². The molecule has 1 amide bonds. The van der Waals surface area contributed by atoms with E-state index in [2.05, 4.69) is 13.8 Å². The van der Waals surface area contributed by atoms with Gasteiger partial charge in [-0.1, -0.05) is 50.2 Å². The number of likely N-dealkylation sites (tertiary alicyclic amines) is 1. The highest BCUT2D eigenvalue weighted by Crippen LogP contribution is 2.43. The van der Waals surface area contributed by atoms with Gasteiger partial charge in [-0.2, -0.15) is 0 Å². The van der Waals surface area contributed by atoms with Crippen molar-refractivity contribution in [1.29, 1.82) is 0 Å². The second-order valence-corrected chi connectivity index (χ2v) is 10.0. The lowest BCUT2D eigenvalue weighted by molar-refractivity contribution is -0.140. The lowest BCUT2D eigenvalue weighted by Gasteiger charge is -2.26. The summed E-state index contributed by atoms with van der Waals surface area (Å²) in [5.41, 5.74) is 1.96. The summed E-state index contributed by atoms with van der Waals surface area (Å²) in [4.78, 5) is 28.4. The molecule has 1 saturated heterocycles. The van der Waals surface area contributed by atoms with Gasteiger partial charge >= 0.3 is 0 Å². The molecule has 0 saturated carbocycles. The molecule has 210 valence electrons. The fraction of sp³-hybridized carbons (Fsp3) is 0.333. The Labute approximate surface area is 236 Å². The van der Waals surface area contributed by atoms with Crippen LogP contribution in [0.2, 0.25) is 0 Å². The van der Waals surface area contributed by atoms with Crippen molar-refractivity contribution in [2.45, 2.75) is 46.7 Å². The highest BCUT2D eigenvalue weighted by Gasteiger charge is 2.46. The number of aliphatic hydroxyl groups is 1. The Balaban J connectivity index is 1.80. The number of carbonyl (C=O) groups excluding carboxylic acids is 2. The number of amides is 1. The number of hydrogen-bond acceptors (Lipinski definition) is 6. The monoisotopic (exact) mass is 543 g/mol. The number of carbonyl (C=O) groups is 2. The van der Waals surface area contributed by atoms with Gasteiger partial charge in [0.2, 0.25) is 0 Å². The number of benzene rings is 3. The number of aliphatic hydroxyl groups excluding tert-OH is 1. The average Bonchev–Trinajstić information content (AvgIpc) is 3.19. The van der Waals surface area contributed by atoms with Crippen LogP contribution in [-0.2, 0) is 16.1 Å². The lowest BCUT2D eigenvalue weighted by atomic mass is 9.94. The molecule has 3 aromatic rings. The summed E-state index contributed by atoms with van der Waals surface area (Å²) in [6.07, 6.45) is 0.895. The Morgan fingerprint density at radius 3 is 2.23 bits per heavy atom. The molecule has 1 aliphatic heterocycles. The Morgan fingerprint density at radius 1 is 0.875 bits per heavy atom. The molecule has 0 aromatic heterocycles. The third-order valence-electron chi connectivity index (χ3n) is 6.71. The van der Waals surface area contributed by atoms with E-state index in [4.69, 9.17) is 14.2 Å². The van der Waals surface area contributed by atoms with Gasteiger partial charge in [-0.15, -0.1) is 0 Å². The molecule has 1 N–H and O–H groups in total. The maximum absolute atomic E-state index is 13.5. The molecular formula is C33H37NO6. The van der Waals surface area contributed by atoms with Gasteiger partial charge in [0.1, 0.15) is 11.5 Å². The van der Waals surface area contributed by atoms with E-state index in [1.165, 1.54) is 4.90 Å². The van der Waals surface area contributed by atoms with Gasteiger partial charge < -0.3 is 24.2 Å². The summed E-state index contributed by atoms with van der Waals surface area (Å²) in [5.74, 6) is 0.619. The van der Waals surface area contributed by atoms with Crippen LogP contribution in [0.5, 0.6) is 17.2 Å². The molecule has 0 radical (unpaired) electrons. The van der Waals surface area contributed by atoms with Crippen LogP contribution in [-0.4, -0.2) is 41.5 Å². The second-order valence-electron chi connectivity index (χ2n) is 10.0. The third-order valence-corrected chi connectivity index (χ3v) is 6.71. The van der Waals surface area contributed by atoms with Crippen LogP contribution in [0.3, 0.4) is 0 Å². The van der Waals surface area contributed by atoms with E-state index < -0.39 is 17.7 Å². The Bertz CT molecular complexity index is 1350. The normalized spacial score (nSPS) is 16.4. The zero-order valence-electron chi connectivity index (χ0n) is 23.6. The number of nitrogens with zero attached hydrogens (tertiary/aromatic N) is 1. The molecule has 4 rings (SSSR count). The summed E-state index contributed by atoms with van der Waals surface area (Å²) in [6.45, 7) is 9.72. The molecule has 7 nitrogen and oxygen atoms in total. The standard InChI is InChI=1S/C33H37NO6/c1-5-38-26-15-12-24(13-16-26)31(35)29-30(34(33(37)32(29)36)21-23-10-8-7-9-11-23)25-14-17-27(28(20-25)39-6-2)40-19-18-22(3)4/h7-17,20,22,30,35H,5-6,18-19,21H2,1-4H3/b31-29+. The zero-order chi connectivity index (χ0) is 28.6. The molecular weight excluding hydrogens is 506 g/mol. The molecule has 3 aromatic carbocycles. The van der Waals surface area contributed by atoms with Crippen molar-refractivity contribution in [2.24, 2.45) is 5.92 Å². The van der Waals surface area contributed by atoms with Crippen LogP contribution in [0.1, 0.15) is 56.8 Å². The van der Waals surface area contributed by atoms with E-state index >= 15 is 0 Å². The fourth-order valence-corrected chi connectivity index (χ4v) is 4.69.